The Labute approximate surface area is 158 Å². The Kier molecular flexibility index (Phi) is 5.99. The molecule has 25 heavy (non-hydrogen) atoms. The molecule has 1 aliphatic heterocycles. The van der Waals surface area contributed by atoms with Crippen molar-refractivity contribution in [2.45, 2.75) is 25.4 Å². The van der Waals surface area contributed by atoms with E-state index in [1.165, 1.54) is 6.33 Å². The molecule has 2 aromatic rings. The molecule has 5 nitrogen and oxygen atoms in total. The van der Waals surface area contributed by atoms with Crippen molar-refractivity contribution in [3.05, 3.63) is 46.2 Å². The molecule has 0 N–H and O–H groups in total. The number of anilines is 1. The van der Waals surface area contributed by atoms with Crippen LogP contribution in [0.15, 0.2) is 30.6 Å². The first-order chi connectivity index (χ1) is 12.1. The van der Waals surface area contributed by atoms with Gasteiger partial charge in [0.15, 0.2) is 0 Å². The first kappa shape index (κ1) is 18.2. The summed E-state index contributed by atoms with van der Waals surface area (Å²) in [5.41, 5.74) is 0.998. The van der Waals surface area contributed by atoms with E-state index in [4.69, 9.17) is 27.9 Å². The second kappa shape index (κ2) is 8.21. The topological polar surface area (TPSA) is 41.5 Å². The highest BCUT2D eigenvalue weighted by Crippen LogP contribution is 2.28. The lowest BCUT2D eigenvalue weighted by atomic mass is 10.0. The number of aromatic nitrogens is 2. The van der Waals surface area contributed by atoms with Gasteiger partial charge in [-0.05, 0) is 31.5 Å². The summed E-state index contributed by atoms with van der Waals surface area (Å²) < 4.78 is 5.20. The maximum atomic E-state index is 6.32. The van der Waals surface area contributed by atoms with Gasteiger partial charge < -0.3 is 9.64 Å². The van der Waals surface area contributed by atoms with E-state index in [0.29, 0.717) is 11.9 Å². The van der Waals surface area contributed by atoms with Crippen molar-refractivity contribution in [1.82, 2.24) is 14.9 Å². The van der Waals surface area contributed by atoms with E-state index in [-0.39, 0.29) is 0 Å². The Morgan fingerprint density at radius 3 is 2.76 bits per heavy atom. The number of likely N-dealkylation sites (tertiary alicyclic amines) is 1. The van der Waals surface area contributed by atoms with E-state index in [0.717, 1.165) is 53.9 Å². The van der Waals surface area contributed by atoms with E-state index in [1.807, 2.05) is 24.3 Å². The minimum absolute atomic E-state index is 0.370. The molecule has 0 bridgehead atoms. The third-order valence-corrected chi connectivity index (χ3v) is 5.38. The third-order valence-electron chi connectivity index (χ3n) is 4.67. The molecule has 1 aliphatic rings. The first-order valence-corrected chi connectivity index (χ1v) is 9.08. The van der Waals surface area contributed by atoms with Gasteiger partial charge >= 0.3 is 0 Å². The number of ether oxygens (including phenoxy) is 1. The van der Waals surface area contributed by atoms with Gasteiger partial charge in [-0.15, -0.1) is 0 Å². The van der Waals surface area contributed by atoms with Crippen LogP contribution in [0.5, 0.6) is 5.88 Å². The Morgan fingerprint density at radius 1 is 1.28 bits per heavy atom. The molecular formula is C18H22Cl2N4O. The van der Waals surface area contributed by atoms with Crippen molar-refractivity contribution in [3.8, 4) is 5.88 Å². The van der Waals surface area contributed by atoms with Crippen LogP contribution in [0, 0.1) is 0 Å². The van der Waals surface area contributed by atoms with Crippen LogP contribution in [0.25, 0.3) is 0 Å². The van der Waals surface area contributed by atoms with Crippen LogP contribution >= 0.6 is 23.2 Å². The molecule has 0 spiro atoms. The fraction of sp³-hybridized carbons (Fsp3) is 0.444. The van der Waals surface area contributed by atoms with E-state index in [2.05, 4.69) is 26.8 Å². The van der Waals surface area contributed by atoms with E-state index < -0.39 is 0 Å². The van der Waals surface area contributed by atoms with Gasteiger partial charge in [0.1, 0.15) is 12.1 Å². The molecule has 3 rings (SSSR count). The Bertz CT molecular complexity index is 708. The molecule has 7 heteroatoms. The summed E-state index contributed by atoms with van der Waals surface area (Å²) in [5.74, 6) is 1.45. The molecule has 0 aliphatic carbocycles. The predicted molar refractivity (Wildman–Crippen MR) is 102 cm³/mol. The van der Waals surface area contributed by atoms with Crippen LogP contribution < -0.4 is 9.64 Å². The van der Waals surface area contributed by atoms with Crippen molar-refractivity contribution in [1.29, 1.82) is 0 Å². The number of piperidine rings is 1. The van der Waals surface area contributed by atoms with Crippen LogP contribution in [0.1, 0.15) is 18.4 Å². The third kappa shape index (κ3) is 4.35. The highest BCUT2D eigenvalue weighted by Gasteiger charge is 2.25. The molecule has 1 aromatic heterocycles. The number of halogens is 2. The lowest BCUT2D eigenvalue weighted by molar-refractivity contribution is 0.198. The average Bonchev–Trinajstić information content (AvgIpc) is 2.64. The maximum Gasteiger partial charge on any atom is 0.218 e. The van der Waals surface area contributed by atoms with Gasteiger partial charge in [0, 0.05) is 47.9 Å². The molecule has 1 unspecified atom stereocenters. The van der Waals surface area contributed by atoms with Crippen molar-refractivity contribution < 1.29 is 4.74 Å². The van der Waals surface area contributed by atoms with Crippen LogP contribution in [-0.2, 0) is 6.54 Å². The van der Waals surface area contributed by atoms with E-state index >= 15 is 0 Å². The summed E-state index contributed by atoms with van der Waals surface area (Å²) in [4.78, 5) is 13.0. The van der Waals surface area contributed by atoms with Gasteiger partial charge in [-0.3, -0.25) is 4.90 Å². The molecule has 0 saturated carbocycles. The summed E-state index contributed by atoms with van der Waals surface area (Å²) in [6.07, 6.45) is 3.78. The molecular weight excluding hydrogens is 359 g/mol. The molecule has 1 atom stereocenters. The Hall–Kier alpha value is -1.56. The number of nitrogens with zero attached hydrogens (tertiary/aromatic N) is 4. The number of benzene rings is 1. The molecule has 1 aromatic carbocycles. The summed E-state index contributed by atoms with van der Waals surface area (Å²) >= 11 is 12.6. The van der Waals surface area contributed by atoms with Crippen LogP contribution in [-0.4, -0.2) is 48.2 Å². The molecule has 0 radical (unpaired) electrons. The summed E-state index contributed by atoms with van der Waals surface area (Å²) in [6, 6.07) is 7.90. The predicted octanol–water partition coefficient (Wildman–Crippen LogP) is 3.89. The molecule has 2 heterocycles. The van der Waals surface area contributed by atoms with Gasteiger partial charge in [0.2, 0.25) is 5.88 Å². The van der Waals surface area contributed by atoms with Gasteiger partial charge in [0.25, 0.3) is 0 Å². The van der Waals surface area contributed by atoms with E-state index in [1.54, 1.807) is 7.11 Å². The zero-order chi connectivity index (χ0) is 17.8. The quantitative estimate of drug-likeness (QED) is 0.786. The van der Waals surface area contributed by atoms with Gasteiger partial charge in [0.05, 0.1) is 7.11 Å². The Balaban J connectivity index is 1.70. The standard InChI is InChI=1S/C18H22Cl2N4O/c1-23(17-9-18(25-2)22-12-21-17)13-5-4-8-24(10-13)11-14-15(19)6-3-7-16(14)20/h3,6-7,9,12-13H,4-5,8,10-11H2,1-2H3. The van der Waals surface area contributed by atoms with Crippen LogP contribution in [0.4, 0.5) is 5.82 Å². The maximum absolute atomic E-state index is 6.32. The van der Waals surface area contributed by atoms with Crippen molar-refractivity contribution >= 4 is 29.0 Å². The molecule has 134 valence electrons. The monoisotopic (exact) mass is 380 g/mol. The van der Waals surface area contributed by atoms with E-state index in [9.17, 15) is 0 Å². The first-order valence-electron chi connectivity index (χ1n) is 8.32. The zero-order valence-corrected chi connectivity index (χ0v) is 16.0. The second-order valence-corrected chi connectivity index (χ2v) is 7.08. The highest BCUT2D eigenvalue weighted by molar-refractivity contribution is 6.35. The fourth-order valence-electron chi connectivity index (χ4n) is 3.22. The van der Waals surface area contributed by atoms with Crippen LogP contribution in [0.2, 0.25) is 10.0 Å². The summed E-state index contributed by atoms with van der Waals surface area (Å²) in [6.45, 7) is 2.74. The normalized spacial score (nSPS) is 18.2. The lowest BCUT2D eigenvalue weighted by Gasteiger charge is -2.38. The number of methoxy groups -OCH3 is 1. The zero-order valence-electron chi connectivity index (χ0n) is 14.5. The van der Waals surface area contributed by atoms with Crippen molar-refractivity contribution in [3.63, 3.8) is 0 Å². The smallest absolute Gasteiger partial charge is 0.218 e. The number of likely N-dealkylation sites (N-methyl/N-ethyl adjacent to an activating group) is 1. The largest absolute Gasteiger partial charge is 0.481 e. The van der Waals surface area contributed by atoms with Gasteiger partial charge in [-0.25, -0.2) is 9.97 Å². The van der Waals surface area contributed by atoms with Crippen molar-refractivity contribution in [2.75, 3.05) is 32.1 Å². The molecule has 1 fully saturated rings. The summed E-state index contributed by atoms with van der Waals surface area (Å²) in [5, 5.41) is 1.45. The van der Waals surface area contributed by atoms with Crippen molar-refractivity contribution in [2.24, 2.45) is 0 Å². The number of rotatable bonds is 5. The van der Waals surface area contributed by atoms with Gasteiger partial charge in [-0.2, -0.15) is 0 Å². The van der Waals surface area contributed by atoms with Crippen LogP contribution in [0.3, 0.4) is 0 Å². The minimum Gasteiger partial charge on any atom is -0.481 e. The minimum atomic E-state index is 0.370. The second-order valence-electron chi connectivity index (χ2n) is 6.26. The Morgan fingerprint density at radius 2 is 2.04 bits per heavy atom. The average molecular weight is 381 g/mol. The van der Waals surface area contributed by atoms with Gasteiger partial charge in [-0.1, -0.05) is 29.3 Å². The molecule has 0 amide bonds. The SMILES string of the molecule is COc1cc(N(C)C2CCCN(Cc3c(Cl)cccc3Cl)C2)ncn1. The number of hydrogen-bond acceptors (Lipinski definition) is 5. The number of hydrogen-bond donors (Lipinski definition) is 0. The fourth-order valence-corrected chi connectivity index (χ4v) is 3.74. The highest BCUT2D eigenvalue weighted by atomic mass is 35.5. The lowest BCUT2D eigenvalue weighted by Crippen LogP contribution is -2.46. The molecule has 1 saturated heterocycles. The summed E-state index contributed by atoms with van der Waals surface area (Å²) in [7, 11) is 3.68.